The molecule has 2 rings (SSSR count). The molecule has 0 bridgehead atoms. The van der Waals surface area contributed by atoms with Crippen LogP contribution in [0.2, 0.25) is 0 Å². The molecule has 0 aliphatic carbocycles. The molecule has 2 aromatic rings. The average molecular weight is 221 g/mol. The van der Waals surface area contributed by atoms with Crippen LogP contribution in [0, 0.1) is 6.92 Å². The zero-order valence-corrected chi connectivity index (χ0v) is 9.40. The van der Waals surface area contributed by atoms with Gasteiger partial charge in [-0.1, -0.05) is 0 Å². The predicted molar refractivity (Wildman–Crippen MR) is 60.8 cm³/mol. The summed E-state index contributed by atoms with van der Waals surface area (Å²) in [6.45, 7) is 3.33. The van der Waals surface area contributed by atoms with E-state index in [9.17, 15) is 0 Å². The van der Waals surface area contributed by atoms with Crippen molar-refractivity contribution in [3.8, 4) is 5.69 Å². The number of H-pyrrole nitrogens is 1. The summed E-state index contributed by atoms with van der Waals surface area (Å²) >= 11 is 0. The molecule has 0 amide bonds. The third kappa shape index (κ3) is 2.22. The Morgan fingerprint density at radius 2 is 2.44 bits per heavy atom. The number of anilines is 1. The number of imidazole rings is 1. The van der Waals surface area contributed by atoms with Gasteiger partial charge in [0.15, 0.2) is 0 Å². The van der Waals surface area contributed by atoms with Gasteiger partial charge >= 0.3 is 0 Å². The summed E-state index contributed by atoms with van der Waals surface area (Å²) in [5, 5.41) is 9.91. The molecule has 0 radical (unpaired) electrons. The molecule has 2 N–H and O–H groups in total. The first-order valence-electron chi connectivity index (χ1n) is 5.09. The van der Waals surface area contributed by atoms with Crippen LogP contribution < -0.4 is 5.32 Å². The van der Waals surface area contributed by atoms with Crippen molar-refractivity contribution in [2.75, 3.05) is 25.6 Å². The van der Waals surface area contributed by atoms with Gasteiger partial charge in [-0.15, -0.1) is 0 Å². The Hall–Kier alpha value is -1.82. The van der Waals surface area contributed by atoms with Gasteiger partial charge in [-0.25, -0.2) is 4.98 Å². The molecule has 6 nitrogen and oxygen atoms in total. The van der Waals surface area contributed by atoms with Crippen LogP contribution in [0.25, 0.3) is 5.69 Å². The molecule has 0 aromatic carbocycles. The van der Waals surface area contributed by atoms with Crippen molar-refractivity contribution in [3.63, 3.8) is 0 Å². The van der Waals surface area contributed by atoms with Gasteiger partial charge in [0, 0.05) is 26.0 Å². The molecule has 0 saturated carbocycles. The van der Waals surface area contributed by atoms with Gasteiger partial charge in [-0.2, -0.15) is 5.10 Å². The van der Waals surface area contributed by atoms with Gasteiger partial charge in [-0.3, -0.25) is 9.67 Å². The maximum Gasteiger partial charge on any atom is 0.207 e. The summed E-state index contributed by atoms with van der Waals surface area (Å²) in [5.41, 5.74) is 1.92. The first kappa shape index (κ1) is 10.7. The first-order valence-corrected chi connectivity index (χ1v) is 5.09. The lowest BCUT2D eigenvalue weighted by molar-refractivity contribution is 0.210. The second-order valence-electron chi connectivity index (χ2n) is 3.45. The maximum absolute atomic E-state index is 4.98. The number of rotatable bonds is 5. The number of hydrogen-bond acceptors (Lipinski definition) is 4. The lowest BCUT2D eigenvalue weighted by Gasteiger charge is -2.06. The van der Waals surface area contributed by atoms with Crippen LogP contribution in [0.5, 0.6) is 0 Å². The molecule has 16 heavy (non-hydrogen) atoms. The van der Waals surface area contributed by atoms with Gasteiger partial charge in [0.2, 0.25) is 5.95 Å². The van der Waals surface area contributed by atoms with E-state index in [1.165, 1.54) is 0 Å². The third-order valence-electron chi connectivity index (χ3n) is 2.18. The van der Waals surface area contributed by atoms with Crippen LogP contribution in [0.4, 0.5) is 5.95 Å². The second-order valence-corrected chi connectivity index (χ2v) is 3.45. The Labute approximate surface area is 93.6 Å². The summed E-state index contributed by atoms with van der Waals surface area (Å²) in [5.74, 6) is 0.802. The zero-order chi connectivity index (χ0) is 11.4. The van der Waals surface area contributed by atoms with E-state index in [1.54, 1.807) is 13.3 Å². The minimum Gasteiger partial charge on any atom is -0.383 e. The number of hydrogen-bond donors (Lipinski definition) is 2. The van der Waals surface area contributed by atoms with E-state index < -0.39 is 0 Å². The lowest BCUT2D eigenvalue weighted by Crippen LogP contribution is -2.11. The molecule has 0 aliphatic rings. The van der Waals surface area contributed by atoms with Crippen LogP contribution >= 0.6 is 0 Å². The highest BCUT2D eigenvalue weighted by Gasteiger charge is 2.07. The Balaban J connectivity index is 2.17. The molecule has 2 heterocycles. The summed E-state index contributed by atoms with van der Waals surface area (Å²) in [7, 11) is 1.68. The Morgan fingerprint density at radius 1 is 1.56 bits per heavy atom. The largest absolute Gasteiger partial charge is 0.383 e. The monoisotopic (exact) mass is 221 g/mol. The number of methoxy groups -OCH3 is 1. The second kappa shape index (κ2) is 4.80. The van der Waals surface area contributed by atoms with Gasteiger partial charge in [0.1, 0.15) is 0 Å². The van der Waals surface area contributed by atoms with E-state index in [0.717, 1.165) is 23.9 Å². The molecular weight excluding hydrogens is 206 g/mol. The van der Waals surface area contributed by atoms with E-state index in [4.69, 9.17) is 4.74 Å². The first-order chi connectivity index (χ1) is 7.81. The highest BCUT2D eigenvalue weighted by Crippen LogP contribution is 2.14. The number of ether oxygens (including phenoxy) is 1. The fourth-order valence-electron chi connectivity index (χ4n) is 1.46. The van der Waals surface area contributed by atoms with E-state index >= 15 is 0 Å². The van der Waals surface area contributed by atoms with Gasteiger partial charge in [0.25, 0.3) is 0 Å². The number of aryl methyl sites for hydroxylation is 1. The number of nitrogens with zero attached hydrogens (tertiary/aromatic N) is 3. The molecule has 0 atom stereocenters. The van der Waals surface area contributed by atoms with Gasteiger partial charge < -0.3 is 10.1 Å². The molecular formula is C10H15N5O. The van der Waals surface area contributed by atoms with Crippen molar-refractivity contribution >= 4 is 5.95 Å². The van der Waals surface area contributed by atoms with E-state index in [0.29, 0.717) is 6.61 Å². The molecule has 2 aromatic heterocycles. The Kier molecular flexibility index (Phi) is 3.21. The summed E-state index contributed by atoms with van der Waals surface area (Å²) in [4.78, 5) is 4.39. The van der Waals surface area contributed by atoms with Crippen LogP contribution in [-0.4, -0.2) is 40.0 Å². The molecule has 6 heteroatoms. The van der Waals surface area contributed by atoms with Crippen molar-refractivity contribution in [1.82, 2.24) is 19.7 Å². The fourth-order valence-corrected chi connectivity index (χ4v) is 1.46. The number of aromatic nitrogens is 4. The van der Waals surface area contributed by atoms with Crippen molar-refractivity contribution in [3.05, 3.63) is 24.3 Å². The minimum absolute atomic E-state index is 0.650. The van der Waals surface area contributed by atoms with E-state index in [-0.39, 0.29) is 0 Å². The van der Waals surface area contributed by atoms with Crippen molar-refractivity contribution in [2.45, 2.75) is 6.92 Å². The van der Waals surface area contributed by atoms with Gasteiger partial charge in [0.05, 0.1) is 24.2 Å². The molecule has 0 fully saturated rings. The van der Waals surface area contributed by atoms with Crippen LogP contribution in [0.15, 0.2) is 18.6 Å². The predicted octanol–water partition coefficient (Wildman–Crippen LogP) is 0.962. The molecule has 0 unspecified atom stereocenters. The zero-order valence-electron chi connectivity index (χ0n) is 9.40. The average Bonchev–Trinajstić information content (AvgIpc) is 2.87. The normalized spacial score (nSPS) is 10.6. The molecule has 0 saturated heterocycles. The molecule has 86 valence electrons. The van der Waals surface area contributed by atoms with Crippen LogP contribution in [0.1, 0.15) is 5.69 Å². The number of aromatic amines is 1. The summed E-state index contributed by atoms with van der Waals surface area (Å²) < 4.78 is 6.94. The van der Waals surface area contributed by atoms with E-state index in [1.807, 2.05) is 23.9 Å². The quantitative estimate of drug-likeness (QED) is 0.738. The topological polar surface area (TPSA) is 67.8 Å². The smallest absolute Gasteiger partial charge is 0.207 e. The highest BCUT2D eigenvalue weighted by atomic mass is 16.5. The van der Waals surface area contributed by atoms with E-state index in [2.05, 4.69) is 20.5 Å². The van der Waals surface area contributed by atoms with Gasteiger partial charge in [-0.05, 0) is 6.92 Å². The van der Waals surface area contributed by atoms with Crippen molar-refractivity contribution in [2.24, 2.45) is 0 Å². The van der Waals surface area contributed by atoms with Crippen LogP contribution in [-0.2, 0) is 4.74 Å². The SMILES string of the molecule is COCCNc1nc(C)cn1-c1cn[nH]c1. The minimum atomic E-state index is 0.650. The highest BCUT2D eigenvalue weighted by molar-refractivity contribution is 5.40. The Bertz CT molecular complexity index is 434. The third-order valence-corrected chi connectivity index (χ3v) is 2.18. The standard InChI is InChI=1S/C10H15N5O/c1-8-7-15(9-5-12-13-6-9)10(14-8)11-3-4-16-2/h5-7H,3-4H2,1-2H3,(H,11,14)(H,12,13). The Morgan fingerprint density at radius 3 is 3.12 bits per heavy atom. The van der Waals surface area contributed by atoms with Crippen LogP contribution in [0.3, 0.4) is 0 Å². The van der Waals surface area contributed by atoms with Crippen molar-refractivity contribution < 1.29 is 4.74 Å². The number of nitrogens with one attached hydrogen (secondary N) is 2. The molecule has 0 aliphatic heterocycles. The maximum atomic E-state index is 4.98. The molecule has 0 spiro atoms. The summed E-state index contributed by atoms with van der Waals surface area (Å²) in [6, 6.07) is 0. The van der Waals surface area contributed by atoms with Crippen molar-refractivity contribution in [1.29, 1.82) is 0 Å². The summed E-state index contributed by atoms with van der Waals surface area (Å²) in [6.07, 6.45) is 5.53. The lowest BCUT2D eigenvalue weighted by atomic mass is 10.5. The fraction of sp³-hybridized carbons (Fsp3) is 0.400.